The molecule has 22 heavy (non-hydrogen) atoms. The Hall–Kier alpha value is -0.810. The molecule has 1 N–H and O–H groups in total. The number of likely N-dealkylation sites (tertiary alicyclic amines) is 2. The van der Waals surface area contributed by atoms with E-state index in [-0.39, 0.29) is 36.2 Å². The molecule has 2 fully saturated rings. The molecule has 2 aliphatic rings. The van der Waals surface area contributed by atoms with Gasteiger partial charge in [0.05, 0.1) is 5.92 Å². The third-order valence-corrected chi connectivity index (χ3v) is 4.85. The molecule has 0 aliphatic carbocycles. The number of hydrogen-bond acceptors (Lipinski definition) is 3. The Kier molecular flexibility index (Phi) is 7.63. The van der Waals surface area contributed by atoms with Gasteiger partial charge in [0.15, 0.2) is 0 Å². The standard InChI is InChI=1S/C16H29N3O2.ClH/c1-4-6-12(2)19-11-13(9-15(19)20)16(21)18-8-5-7-14(18)10-17-3;/h12-14,17H,4-11H2,1-3H3;1H. The Balaban J connectivity index is 0.00000242. The second-order valence-corrected chi connectivity index (χ2v) is 6.47. The summed E-state index contributed by atoms with van der Waals surface area (Å²) in [5.41, 5.74) is 0. The maximum absolute atomic E-state index is 12.7. The van der Waals surface area contributed by atoms with Gasteiger partial charge in [0, 0.05) is 38.1 Å². The summed E-state index contributed by atoms with van der Waals surface area (Å²) in [7, 11) is 1.92. The number of hydrogen-bond donors (Lipinski definition) is 1. The number of nitrogens with one attached hydrogen (secondary N) is 1. The molecular weight excluding hydrogens is 302 g/mol. The van der Waals surface area contributed by atoms with Crippen LogP contribution in [0.15, 0.2) is 0 Å². The lowest BCUT2D eigenvalue weighted by Gasteiger charge is -2.28. The van der Waals surface area contributed by atoms with Gasteiger partial charge in [-0.25, -0.2) is 0 Å². The van der Waals surface area contributed by atoms with Crippen molar-refractivity contribution in [1.82, 2.24) is 15.1 Å². The number of likely N-dealkylation sites (N-methyl/N-ethyl adjacent to an activating group) is 1. The van der Waals surface area contributed by atoms with Crippen LogP contribution in [-0.2, 0) is 9.59 Å². The van der Waals surface area contributed by atoms with E-state index in [4.69, 9.17) is 0 Å². The quantitative estimate of drug-likeness (QED) is 0.805. The zero-order valence-electron chi connectivity index (χ0n) is 14.0. The van der Waals surface area contributed by atoms with Crippen molar-refractivity contribution < 1.29 is 9.59 Å². The van der Waals surface area contributed by atoms with Gasteiger partial charge in [-0.1, -0.05) is 13.3 Å². The molecule has 0 radical (unpaired) electrons. The predicted molar refractivity (Wildman–Crippen MR) is 90.1 cm³/mol. The molecule has 2 saturated heterocycles. The molecule has 3 atom stereocenters. The third-order valence-electron chi connectivity index (χ3n) is 4.85. The third kappa shape index (κ3) is 4.13. The van der Waals surface area contributed by atoms with Gasteiger partial charge in [-0.3, -0.25) is 9.59 Å². The summed E-state index contributed by atoms with van der Waals surface area (Å²) in [6.45, 7) is 6.53. The molecule has 0 saturated carbocycles. The van der Waals surface area contributed by atoms with Crippen LogP contribution in [0.1, 0.15) is 46.0 Å². The number of halogens is 1. The van der Waals surface area contributed by atoms with E-state index in [1.807, 2.05) is 16.8 Å². The molecule has 2 rings (SSSR count). The minimum atomic E-state index is -0.130. The first-order valence-corrected chi connectivity index (χ1v) is 8.33. The number of carbonyl (C=O) groups is 2. The highest BCUT2D eigenvalue weighted by Crippen LogP contribution is 2.27. The second kappa shape index (κ2) is 8.73. The van der Waals surface area contributed by atoms with Crippen LogP contribution in [0.5, 0.6) is 0 Å². The molecule has 2 amide bonds. The summed E-state index contributed by atoms with van der Waals surface area (Å²) in [6.07, 6.45) is 4.63. The van der Waals surface area contributed by atoms with Crippen LogP contribution in [0.4, 0.5) is 0 Å². The largest absolute Gasteiger partial charge is 0.339 e. The lowest BCUT2D eigenvalue weighted by Crippen LogP contribution is -2.44. The van der Waals surface area contributed by atoms with Crippen LogP contribution < -0.4 is 5.32 Å². The second-order valence-electron chi connectivity index (χ2n) is 6.47. The van der Waals surface area contributed by atoms with E-state index in [2.05, 4.69) is 19.2 Å². The average Bonchev–Trinajstić information content (AvgIpc) is 3.05. The van der Waals surface area contributed by atoms with Gasteiger partial charge in [0.1, 0.15) is 0 Å². The summed E-state index contributed by atoms with van der Waals surface area (Å²) in [5, 5.41) is 3.17. The fourth-order valence-electron chi connectivity index (χ4n) is 3.70. The summed E-state index contributed by atoms with van der Waals surface area (Å²) >= 11 is 0. The first-order chi connectivity index (χ1) is 10.1. The first-order valence-electron chi connectivity index (χ1n) is 8.33. The van der Waals surface area contributed by atoms with E-state index < -0.39 is 0 Å². The summed E-state index contributed by atoms with van der Waals surface area (Å²) in [4.78, 5) is 28.8. The highest BCUT2D eigenvalue weighted by atomic mass is 35.5. The van der Waals surface area contributed by atoms with Crippen molar-refractivity contribution in [1.29, 1.82) is 0 Å². The Bertz CT molecular complexity index is 392. The molecular formula is C16H30ClN3O2. The van der Waals surface area contributed by atoms with Gasteiger partial charge < -0.3 is 15.1 Å². The monoisotopic (exact) mass is 331 g/mol. The van der Waals surface area contributed by atoms with E-state index in [0.29, 0.717) is 19.0 Å². The van der Waals surface area contributed by atoms with Crippen molar-refractivity contribution >= 4 is 24.2 Å². The van der Waals surface area contributed by atoms with Crippen molar-refractivity contribution in [2.24, 2.45) is 5.92 Å². The van der Waals surface area contributed by atoms with E-state index in [0.717, 1.165) is 38.8 Å². The molecule has 0 bridgehead atoms. The van der Waals surface area contributed by atoms with Crippen LogP contribution in [0.3, 0.4) is 0 Å². The highest BCUT2D eigenvalue weighted by molar-refractivity contribution is 5.89. The number of nitrogens with zero attached hydrogens (tertiary/aromatic N) is 2. The van der Waals surface area contributed by atoms with Crippen molar-refractivity contribution in [3.63, 3.8) is 0 Å². The zero-order chi connectivity index (χ0) is 15.4. The smallest absolute Gasteiger partial charge is 0.228 e. The van der Waals surface area contributed by atoms with E-state index in [1.54, 1.807) is 0 Å². The van der Waals surface area contributed by atoms with Crippen molar-refractivity contribution in [3.05, 3.63) is 0 Å². The minimum Gasteiger partial charge on any atom is -0.339 e. The summed E-state index contributed by atoms with van der Waals surface area (Å²) in [5.74, 6) is 0.209. The molecule has 5 nitrogen and oxygen atoms in total. The molecule has 2 aliphatic heterocycles. The van der Waals surface area contributed by atoms with Crippen LogP contribution in [0.2, 0.25) is 0 Å². The highest BCUT2D eigenvalue weighted by Gasteiger charge is 2.40. The average molecular weight is 332 g/mol. The predicted octanol–water partition coefficient (Wildman–Crippen LogP) is 1.66. The van der Waals surface area contributed by atoms with Crippen LogP contribution >= 0.6 is 12.4 Å². The molecule has 2 heterocycles. The van der Waals surface area contributed by atoms with Gasteiger partial charge in [0.25, 0.3) is 0 Å². The van der Waals surface area contributed by atoms with Crippen molar-refractivity contribution in [3.8, 4) is 0 Å². The molecule has 0 aromatic rings. The number of amides is 2. The Morgan fingerprint density at radius 3 is 2.82 bits per heavy atom. The van der Waals surface area contributed by atoms with Crippen molar-refractivity contribution in [2.75, 3.05) is 26.7 Å². The number of carbonyl (C=O) groups excluding carboxylic acids is 2. The zero-order valence-corrected chi connectivity index (χ0v) is 14.8. The summed E-state index contributed by atoms with van der Waals surface area (Å²) < 4.78 is 0. The van der Waals surface area contributed by atoms with Crippen LogP contribution in [-0.4, -0.2) is 60.4 Å². The fraction of sp³-hybridized carbons (Fsp3) is 0.875. The van der Waals surface area contributed by atoms with Crippen LogP contribution in [0.25, 0.3) is 0 Å². The molecule has 6 heteroatoms. The SMILES string of the molecule is CCCC(C)N1CC(C(=O)N2CCCC2CNC)CC1=O.Cl. The number of rotatable bonds is 6. The van der Waals surface area contributed by atoms with Gasteiger partial charge in [-0.05, 0) is 33.2 Å². The Labute approximate surface area is 140 Å². The first kappa shape index (κ1) is 19.2. The maximum atomic E-state index is 12.7. The summed E-state index contributed by atoms with van der Waals surface area (Å²) in [6, 6.07) is 0.562. The van der Waals surface area contributed by atoms with Gasteiger partial charge in [-0.15, -0.1) is 12.4 Å². The normalized spacial score (nSPS) is 26.2. The van der Waals surface area contributed by atoms with Gasteiger partial charge in [-0.2, -0.15) is 0 Å². The molecule has 0 aromatic heterocycles. The van der Waals surface area contributed by atoms with E-state index >= 15 is 0 Å². The molecule has 0 spiro atoms. The van der Waals surface area contributed by atoms with Gasteiger partial charge >= 0.3 is 0 Å². The topological polar surface area (TPSA) is 52.7 Å². The Morgan fingerprint density at radius 2 is 2.18 bits per heavy atom. The lowest BCUT2D eigenvalue weighted by atomic mass is 10.1. The van der Waals surface area contributed by atoms with E-state index in [1.165, 1.54) is 0 Å². The van der Waals surface area contributed by atoms with Crippen LogP contribution in [0, 0.1) is 5.92 Å². The van der Waals surface area contributed by atoms with Gasteiger partial charge in [0.2, 0.25) is 11.8 Å². The lowest BCUT2D eigenvalue weighted by molar-refractivity contribution is -0.136. The molecule has 0 aromatic carbocycles. The van der Waals surface area contributed by atoms with E-state index in [9.17, 15) is 9.59 Å². The minimum absolute atomic E-state index is 0. The molecule has 3 unspecified atom stereocenters. The Morgan fingerprint density at radius 1 is 1.45 bits per heavy atom. The maximum Gasteiger partial charge on any atom is 0.228 e. The fourth-order valence-corrected chi connectivity index (χ4v) is 3.70. The van der Waals surface area contributed by atoms with Crippen molar-refractivity contribution in [2.45, 2.75) is 58.0 Å². The molecule has 128 valence electrons.